The molecule has 4 aliphatic rings. The smallest absolute Gasteiger partial charge is 0.388 e. The van der Waals surface area contributed by atoms with Gasteiger partial charge in [0.05, 0.1) is 70.0 Å². The number of nitrogens with one attached hydrogen (secondary N) is 5. The number of aromatic nitrogens is 4. The van der Waals surface area contributed by atoms with Crippen molar-refractivity contribution in [1.82, 2.24) is 30.7 Å². The zero-order valence-electron chi connectivity index (χ0n) is 38.7. The van der Waals surface area contributed by atoms with Crippen molar-refractivity contribution in [3.05, 3.63) is 35.9 Å². The zero-order chi connectivity index (χ0) is 51.3. The summed E-state index contributed by atoms with van der Waals surface area (Å²) in [4.78, 5) is 53.0. The SMILES string of the molecule is N=NNCCC(=O)NC(COCCC(=O)CC1CCC([C@H]2OC[C@H](Nc3nccc(C(F)(F)F)n3)[C@@H](O)[C@H]2O)C1)COCCC(=O)CC1CCC([C@H]2OC[C@H](Nc3nccc(C(F)(F)F)n3)[C@@H](O)[C@H]2O)C1. The van der Waals surface area contributed by atoms with Gasteiger partial charge in [-0.3, -0.25) is 19.8 Å². The Kier molecular flexibility index (Phi) is 20.1. The van der Waals surface area contributed by atoms with Crippen molar-refractivity contribution >= 4 is 29.4 Å². The van der Waals surface area contributed by atoms with Crippen LogP contribution < -0.4 is 21.4 Å². The summed E-state index contributed by atoms with van der Waals surface area (Å²) in [5.74, 6) is -1.59. The number of ether oxygens (including phenoxy) is 4. The lowest BCUT2D eigenvalue weighted by molar-refractivity contribution is -0.158. The Hall–Kier alpha value is -4.77. The van der Waals surface area contributed by atoms with Crippen LogP contribution in [0.2, 0.25) is 0 Å². The van der Waals surface area contributed by atoms with E-state index in [-0.39, 0.29) is 131 Å². The molecule has 21 nitrogen and oxygen atoms in total. The van der Waals surface area contributed by atoms with Crippen LogP contribution in [0.4, 0.5) is 38.2 Å². The lowest BCUT2D eigenvalue weighted by atomic mass is 9.87. The van der Waals surface area contributed by atoms with Gasteiger partial charge in [0.2, 0.25) is 17.8 Å². The highest BCUT2D eigenvalue weighted by Crippen LogP contribution is 2.41. The van der Waals surface area contributed by atoms with Gasteiger partial charge in [-0.2, -0.15) is 31.9 Å². The fourth-order valence-corrected chi connectivity index (χ4v) is 9.80. The molecule has 2 aromatic heterocycles. The van der Waals surface area contributed by atoms with Gasteiger partial charge in [0, 0.05) is 51.0 Å². The van der Waals surface area contributed by atoms with Crippen LogP contribution >= 0.6 is 0 Å². The molecule has 2 aliphatic carbocycles. The molecule has 0 bridgehead atoms. The number of amides is 1. The normalized spacial score (nSPS) is 29.5. The molecule has 2 aliphatic heterocycles. The van der Waals surface area contributed by atoms with Crippen LogP contribution in [0, 0.1) is 29.2 Å². The molecule has 2 saturated carbocycles. The predicted octanol–water partition coefficient (Wildman–Crippen LogP) is 2.78. The van der Waals surface area contributed by atoms with Gasteiger partial charge >= 0.3 is 12.4 Å². The highest BCUT2D eigenvalue weighted by atomic mass is 19.4. The van der Waals surface area contributed by atoms with Gasteiger partial charge in [-0.1, -0.05) is 5.22 Å². The molecule has 396 valence electrons. The second kappa shape index (κ2) is 25.7. The molecule has 12 atom stereocenters. The van der Waals surface area contributed by atoms with E-state index in [9.17, 15) is 61.2 Å². The number of hydrogen-bond acceptors (Lipinski definition) is 19. The Morgan fingerprint density at radius 2 is 1.15 bits per heavy atom. The van der Waals surface area contributed by atoms with Crippen LogP contribution in [0.3, 0.4) is 0 Å². The minimum absolute atomic E-state index is 0.00285. The number of Topliss-reactive ketones (excluding diaryl/α,β-unsaturated/α-hetero) is 2. The van der Waals surface area contributed by atoms with Crippen LogP contribution in [-0.4, -0.2) is 159 Å². The summed E-state index contributed by atoms with van der Waals surface area (Å²) in [7, 11) is 0. The van der Waals surface area contributed by atoms with Crippen molar-refractivity contribution in [2.45, 2.75) is 138 Å². The van der Waals surface area contributed by atoms with E-state index in [0.29, 0.717) is 50.7 Å². The maximum Gasteiger partial charge on any atom is 0.433 e. The number of halogens is 6. The first kappa shape index (κ1) is 55.5. The van der Waals surface area contributed by atoms with Gasteiger partial charge in [0.1, 0.15) is 47.4 Å². The van der Waals surface area contributed by atoms with Crippen molar-refractivity contribution < 1.29 is 80.1 Å². The number of anilines is 2. The third-order valence-corrected chi connectivity index (χ3v) is 13.4. The number of carbonyl (C=O) groups excluding carboxylic acids is 3. The molecule has 71 heavy (non-hydrogen) atoms. The molecule has 1 amide bonds. The van der Waals surface area contributed by atoms with E-state index in [1.807, 2.05) is 0 Å². The maximum atomic E-state index is 13.1. The molecule has 9 N–H and O–H groups in total. The summed E-state index contributed by atoms with van der Waals surface area (Å²) >= 11 is 0. The Bertz CT molecular complexity index is 1940. The van der Waals surface area contributed by atoms with Gasteiger partial charge in [-0.15, -0.1) is 0 Å². The summed E-state index contributed by atoms with van der Waals surface area (Å²) in [5.41, 5.74) is 6.92. The monoisotopic (exact) mass is 1020 g/mol. The van der Waals surface area contributed by atoms with E-state index < -0.39 is 78.5 Å². The number of aliphatic hydroxyl groups is 4. The number of carbonyl (C=O) groups is 3. The Labute approximate surface area is 404 Å². The quantitative estimate of drug-likeness (QED) is 0.0299. The molecule has 27 heteroatoms. The summed E-state index contributed by atoms with van der Waals surface area (Å²) in [6, 6.07) is -1.14. The largest absolute Gasteiger partial charge is 0.433 e. The molecule has 2 saturated heterocycles. The standard InChI is InChI=1S/C44H62F6N10O11/c45-43(46,47)32-5-10-52-41(58-32)56-30-21-70-39(37(66)35(30)64)25-3-1-23(15-25)17-28(61)8-13-68-19-27(55-34(63)7-12-54-60-51)20-69-14-9-29(62)18-24-2-4-26(16-24)40-38(67)36(65)31(22-71-40)57-42-53-11-6-33(59-42)44(48,49)50/h5-6,10-11,23-27,30-31,35-40,64-67H,1-4,7-9,12-22H2,(H2,51,54)(H,55,63)(H,52,56,58)(H,53,57,59)/t23?,24?,25?,26?,27?,30-,31-,35+,36+,37+,38+,39+,40+/m0/s1. The predicted molar refractivity (Wildman–Crippen MR) is 234 cm³/mol. The molecular formula is C44H62F6N10O11. The number of hydrogen-bond donors (Lipinski definition) is 9. The third kappa shape index (κ3) is 16.4. The maximum absolute atomic E-state index is 13.1. The fraction of sp³-hybridized carbons (Fsp3) is 0.750. The van der Waals surface area contributed by atoms with Crippen molar-refractivity contribution in [2.24, 2.45) is 28.9 Å². The van der Waals surface area contributed by atoms with Crippen LogP contribution in [-0.2, 0) is 45.7 Å². The Morgan fingerprint density at radius 1 is 0.704 bits per heavy atom. The van der Waals surface area contributed by atoms with E-state index in [1.54, 1.807) is 0 Å². The topological polar surface area (TPSA) is 305 Å². The number of ketones is 2. The minimum atomic E-state index is -4.69. The highest BCUT2D eigenvalue weighted by Gasteiger charge is 2.46. The first-order valence-corrected chi connectivity index (χ1v) is 23.7. The average Bonchev–Trinajstić information content (AvgIpc) is 3.99. The van der Waals surface area contributed by atoms with E-state index >= 15 is 0 Å². The van der Waals surface area contributed by atoms with E-state index in [2.05, 4.69) is 46.5 Å². The Morgan fingerprint density at radius 3 is 1.58 bits per heavy atom. The molecule has 4 heterocycles. The second-order valence-corrected chi connectivity index (χ2v) is 18.6. The van der Waals surface area contributed by atoms with Gasteiger partial charge in [-0.25, -0.2) is 19.9 Å². The van der Waals surface area contributed by atoms with Gasteiger partial charge in [0.15, 0.2) is 0 Å². The lowest BCUT2D eigenvalue weighted by Gasteiger charge is -2.40. The molecule has 0 aromatic carbocycles. The lowest BCUT2D eigenvalue weighted by Crippen LogP contribution is -2.57. The second-order valence-electron chi connectivity index (χ2n) is 18.6. The van der Waals surface area contributed by atoms with Gasteiger partial charge < -0.3 is 55.3 Å². The first-order chi connectivity index (χ1) is 33.8. The van der Waals surface area contributed by atoms with Crippen LogP contribution in [0.1, 0.15) is 82.0 Å². The van der Waals surface area contributed by atoms with E-state index in [1.165, 1.54) is 0 Å². The number of alkyl halides is 6. The van der Waals surface area contributed by atoms with Crippen molar-refractivity contribution in [3.8, 4) is 0 Å². The summed E-state index contributed by atoms with van der Waals surface area (Å²) < 4.78 is 102. The molecular weight excluding hydrogens is 959 g/mol. The zero-order valence-corrected chi connectivity index (χ0v) is 38.7. The van der Waals surface area contributed by atoms with Crippen molar-refractivity contribution in [2.75, 3.05) is 56.8 Å². The number of rotatable bonds is 25. The van der Waals surface area contributed by atoms with Crippen molar-refractivity contribution in [3.63, 3.8) is 0 Å². The summed E-state index contributed by atoms with van der Waals surface area (Å²) in [5, 5.41) is 54.6. The minimum Gasteiger partial charge on any atom is -0.388 e. The molecule has 4 fully saturated rings. The van der Waals surface area contributed by atoms with Gasteiger partial charge in [0.25, 0.3) is 0 Å². The first-order valence-electron chi connectivity index (χ1n) is 23.7. The molecule has 2 aromatic rings. The number of nitrogens with zero attached hydrogens (tertiary/aromatic N) is 5. The van der Waals surface area contributed by atoms with Crippen LogP contribution in [0.15, 0.2) is 29.7 Å². The van der Waals surface area contributed by atoms with E-state index in [0.717, 1.165) is 12.4 Å². The third-order valence-electron chi connectivity index (χ3n) is 13.4. The van der Waals surface area contributed by atoms with E-state index in [4.69, 9.17) is 24.5 Å². The summed E-state index contributed by atoms with van der Waals surface area (Å²) in [6.45, 7) is -0.0402. The molecule has 0 radical (unpaired) electrons. The Balaban J connectivity index is 0.865. The van der Waals surface area contributed by atoms with Gasteiger partial charge in [-0.05, 0) is 74.3 Å². The average molecular weight is 1020 g/mol. The van der Waals surface area contributed by atoms with Crippen molar-refractivity contribution in [1.29, 1.82) is 5.53 Å². The van der Waals surface area contributed by atoms with Crippen LogP contribution in [0.25, 0.3) is 0 Å². The molecule has 0 spiro atoms. The number of aliphatic hydroxyl groups excluding tert-OH is 4. The summed E-state index contributed by atoms with van der Waals surface area (Å²) in [6.07, 6.45) is -10.1. The molecule has 4 unspecified atom stereocenters. The highest BCUT2D eigenvalue weighted by molar-refractivity contribution is 5.79. The fourth-order valence-electron chi connectivity index (χ4n) is 9.80. The van der Waals surface area contributed by atoms with Crippen LogP contribution in [0.5, 0.6) is 0 Å². The molecule has 6 rings (SSSR count).